The highest BCUT2D eigenvalue weighted by Gasteiger charge is 2.32. The minimum Gasteiger partial charge on any atom is -0.121 e. The van der Waals surface area contributed by atoms with Gasteiger partial charge in [0, 0.05) is 21.1 Å². The topological polar surface area (TPSA) is 0 Å². The van der Waals surface area contributed by atoms with Gasteiger partial charge in [-0.2, -0.15) is 0 Å². The summed E-state index contributed by atoms with van der Waals surface area (Å²) in [6.07, 6.45) is 5.95. The Kier molecular flexibility index (Phi) is 11.7. The van der Waals surface area contributed by atoms with Gasteiger partial charge in [-0.25, -0.2) is 0 Å². The van der Waals surface area contributed by atoms with Crippen molar-refractivity contribution in [3.63, 3.8) is 0 Å². The molecule has 0 amide bonds. The van der Waals surface area contributed by atoms with E-state index in [1.807, 2.05) is 0 Å². The van der Waals surface area contributed by atoms with Crippen LogP contribution in [0.25, 0.3) is 11.1 Å². The van der Waals surface area contributed by atoms with Crippen LogP contribution < -0.4 is 0 Å². The highest BCUT2D eigenvalue weighted by atomic mass is 32.6. The van der Waals surface area contributed by atoms with E-state index >= 15 is 0 Å². The third-order valence-corrected chi connectivity index (χ3v) is 22.2. The molecule has 2 rings (SSSR count). The Morgan fingerprint density at radius 3 is 1.71 bits per heavy atom. The fourth-order valence-electron chi connectivity index (χ4n) is 5.38. The van der Waals surface area contributed by atoms with Crippen molar-refractivity contribution in [1.82, 2.24) is 0 Å². The second-order valence-electron chi connectivity index (χ2n) is 10.8. The van der Waals surface area contributed by atoms with Crippen LogP contribution in [0.2, 0.25) is 0 Å². The highest BCUT2D eigenvalue weighted by Crippen LogP contribution is 2.82. The molecule has 0 aromatic heterocycles. The fourth-order valence-corrected chi connectivity index (χ4v) is 9.44. The Bertz CT molecular complexity index is 1000. The Morgan fingerprint density at radius 1 is 0.765 bits per heavy atom. The van der Waals surface area contributed by atoms with Crippen molar-refractivity contribution in [1.29, 1.82) is 0 Å². The summed E-state index contributed by atoms with van der Waals surface area (Å²) in [5.74, 6) is 0.645. The summed E-state index contributed by atoms with van der Waals surface area (Å²) in [7, 11) is 8.24. The molecule has 0 saturated heterocycles. The first-order chi connectivity index (χ1) is 15.8. The zero-order chi connectivity index (χ0) is 26.0. The third kappa shape index (κ3) is 6.53. The Hall–Kier alpha value is 0.590. The average Bonchev–Trinajstić information content (AvgIpc) is 2.78. The van der Waals surface area contributed by atoms with Crippen molar-refractivity contribution in [3.8, 4) is 11.1 Å². The van der Waals surface area contributed by atoms with Crippen LogP contribution in [0.5, 0.6) is 0 Å². The maximum absolute atomic E-state index is 3.30. The minimum absolute atomic E-state index is 0.645. The van der Waals surface area contributed by atoms with Crippen LogP contribution in [-0.4, -0.2) is 13.3 Å². The SMILES string of the molecule is CCCc1c(C)c(C)c(C)c(CPC)c1-c1c(CC(C)C)c(C)c(C)c(C)c1C[P+](C)(P)PP. The van der Waals surface area contributed by atoms with Crippen molar-refractivity contribution >= 4 is 41.0 Å². The molecule has 0 saturated carbocycles. The van der Waals surface area contributed by atoms with E-state index in [1.54, 1.807) is 38.9 Å². The summed E-state index contributed by atoms with van der Waals surface area (Å²) in [5, 5.41) is 0. The normalized spacial score (nSPS) is 14.3. The number of rotatable bonds is 10. The molecular formula is C29H50P5+. The van der Waals surface area contributed by atoms with Gasteiger partial charge in [-0.15, -0.1) is 8.58 Å². The van der Waals surface area contributed by atoms with Gasteiger partial charge in [0.25, 0.3) is 0 Å². The predicted molar refractivity (Wildman–Crippen MR) is 175 cm³/mol. The molecule has 0 aliphatic heterocycles. The highest BCUT2D eigenvalue weighted by molar-refractivity contribution is 8.67. The molecule has 0 aliphatic rings. The van der Waals surface area contributed by atoms with Crippen LogP contribution in [-0.2, 0) is 25.2 Å². The minimum atomic E-state index is -1.09. The zero-order valence-electron chi connectivity index (χ0n) is 23.7. The zero-order valence-corrected chi connectivity index (χ0v) is 28.9. The van der Waals surface area contributed by atoms with Crippen molar-refractivity contribution < 1.29 is 0 Å². The molecule has 0 aliphatic carbocycles. The van der Waals surface area contributed by atoms with Gasteiger partial charge in [0.05, 0.1) is 20.8 Å². The summed E-state index contributed by atoms with van der Waals surface area (Å²) < 4.78 is 0. The van der Waals surface area contributed by atoms with E-state index in [9.17, 15) is 0 Å². The molecule has 0 fully saturated rings. The van der Waals surface area contributed by atoms with Gasteiger partial charge in [0.1, 0.15) is 0 Å². The summed E-state index contributed by atoms with van der Waals surface area (Å²) in [6.45, 7) is 25.3. The van der Waals surface area contributed by atoms with Gasteiger partial charge in [0.15, 0.2) is 0 Å². The van der Waals surface area contributed by atoms with Crippen molar-refractivity contribution in [3.05, 3.63) is 55.6 Å². The Balaban J connectivity index is 3.22. The Labute approximate surface area is 220 Å². The van der Waals surface area contributed by atoms with Crippen LogP contribution >= 0.6 is 41.0 Å². The molecule has 5 unspecified atom stereocenters. The molecule has 5 atom stereocenters. The molecule has 0 N–H and O–H groups in total. The first-order valence-electron chi connectivity index (χ1n) is 12.8. The molecule has 0 bridgehead atoms. The van der Waals surface area contributed by atoms with E-state index in [2.05, 4.69) is 93.5 Å². The van der Waals surface area contributed by atoms with E-state index in [0.717, 1.165) is 23.0 Å². The molecule has 2 aromatic carbocycles. The lowest BCUT2D eigenvalue weighted by Gasteiger charge is -2.30. The van der Waals surface area contributed by atoms with Crippen LogP contribution in [0.4, 0.5) is 0 Å². The van der Waals surface area contributed by atoms with Gasteiger partial charge in [0.2, 0.25) is 0 Å². The summed E-state index contributed by atoms with van der Waals surface area (Å²) in [4.78, 5) is 0. The van der Waals surface area contributed by atoms with E-state index in [4.69, 9.17) is 0 Å². The molecule has 0 nitrogen and oxygen atoms in total. The van der Waals surface area contributed by atoms with E-state index in [0.29, 0.717) is 5.92 Å². The largest absolute Gasteiger partial charge is 0.121 e. The van der Waals surface area contributed by atoms with E-state index < -0.39 is 6.64 Å². The first kappa shape index (κ1) is 30.8. The Morgan fingerprint density at radius 2 is 1.24 bits per heavy atom. The fraction of sp³-hybridized carbons (Fsp3) is 0.586. The van der Waals surface area contributed by atoms with Crippen LogP contribution in [0.1, 0.15) is 82.8 Å². The molecule has 34 heavy (non-hydrogen) atoms. The first-order valence-corrected chi connectivity index (χ1v) is 22.2. The molecular weight excluding hydrogens is 503 g/mol. The lowest BCUT2D eigenvalue weighted by Crippen LogP contribution is -2.12. The lowest BCUT2D eigenvalue weighted by atomic mass is 9.77. The predicted octanol–water partition coefficient (Wildman–Crippen LogP) is 10.5. The van der Waals surface area contributed by atoms with Crippen molar-refractivity contribution in [2.45, 2.75) is 93.9 Å². The van der Waals surface area contributed by atoms with E-state index in [-0.39, 0.29) is 0 Å². The number of hydrogen-bond acceptors (Lipinski definition) is 0. The monoisotopic (exact) mass is 553 g/mol. The van der Waals surface area contributed by atoms with Crippen molar-refractivity contribution in [2.24, 2.45) is 5.92 Å². The maximum atomic E-state index is 3.30. The quantitative estimate of drug-likeness (QED) is 0.257. The summed E-state index contributed by atoms with van der Waals surface area (Å²) in [6, 6.07) is 0. The number of hydrogen-bond donors (Lipinski definition) is 0. The molecule has 0 radical (unpaired) electrons. The van der Waals surface area contributed by atoms with Gasteiger partial charge in [-0.05, 0) is 134 Å². The standard InChI is InChI=1S/C29H50P5/c1-12-13-24-20(6)18(4)22(8)26(15-32-10)28(24)29-25(14-17(2)3)21(7)19(5)23(9)27(29)16-34(11,31)33-30/h17,32-33H,12-16,30-31H2,1-11H3/q+1. The van der Waals surface area contributed by atoms with Gasteiger partial charge in [-0.3, -0.25) is 0 Å². The van der Waals surface area contributed by atoms with Gasteiger partial charge >= 0.3 is 0 Å². The van der Waals surface area contributed by atoms with Gasteiger partial charge in [-0.1, -0.05) is 36.1 Å². The smallest absolute Gasteiger partial charge is 0.0889 e. The van der Waals surface area contributed by atoms with Crippen LogP contribution in [0, 0.1) is 47.5 Å². The van der Waals surface area contributed by atoms with Gasteiger partial charge < -0.3 is 0 Å². The van der Waals surface area contributed by atoms with E-state index in [1.165, 1.54) is 53.0 Å². The number of benzene rings is 2. The van der Waals surface area contributed by atoms with Crippen LogP contribution in [0.3, 0.4) is 0 Å². The molecule has 0 heterocycles. The second-order valence-corrected chi connectivity index (χ2v) is 26.2. The molecule has 190 valence electrons. The summed E-state index contributed by atoms with van der Waals surface area (Å²) in [5.41, 5.74) is 19.0. The maximum Gasteiger partial charge on any atom is 0.0889 e. The van der Waals surface area contributed by atoms with Crippen molar-refractivity contribution in [2.75, 3.05) is 13.3 Å². The third-order valence-electron chi connectivity index (χ3n) is 7.77. The molecule has 0 spiro atoms. The molecule has 2 aromatic rings. The molecule has 5 heteroatoms. The van der Waals surface area contributed by atoms with Crippen LogP contribution in [0.15, 0.2) is 0 Å². The lowest BCUT2D eigenvalue weighted by molar-refractivity contribution is 0.644. The second kappa shape index (κ2) is 12.9. The summed E-state index contributed by atoms with van der Waals surface area (Å²) >= 11 is 0. The average molecular weight is 554 g/mol.